The number of halogens is 1. The summed E-state index contributed by atoms with van der Waals surface area (Å²) >= 11 is 0. The Morgan fingerprint density at radius 1 is 1.36 bits per heavy atom. The molecule has 0 aromatic carbocycles. The number of likely N-dealkylation sites (tertiary alicyclic amines) is 1. The number of amides is 1. The molecule has 0 unspecified atom stereocenters. The predicted octanol–water partition coefficient (Wildman–Crippen LogP) is 2.41. The van der Waals surface area contributed by atoms with Gasteiger partial charge >= 0.3 is 0 Å². The summed E-state index contributed by atoms with van der Waals surface area (Å²) in [4.78, 5) is 26.0. The van der Waals surface area contributed by atoms with Crippen molar-refractivity contribution in [1.29, 1.82) is 0 Å². The zero-order valence-corrected chi connectivity index (χ0v) is 17.2. The Morgan fingerprint density at radius 3 is 2.64 bits per heavy atom. The van der Waals surface area contributed by atoms with Gasteiger partial charge in [0, 0.05) is 50.1 Å². The first-order valence-electron chi connectivity index (χ1n) is 9.57. The highest BCUT2D eigenvalue weighted by atomic mass is 35.5. The van der Waals surface area contributed by atoms with Gasteiger partial charge in [0.05, 0.1) is 6.54 Å². The van der Waals surface area contributed by atoms with Crippen LogP contribution in [0, 0.1) is 18.8 Å². The summed E-state index contributed by atoms with van der Waals surface area (Å²) in [5, 5.41) is 0. The molecule has 8 heteroatoms. The second kappa shape index (κ2) is 8.19. The fourth-order valence-corrected chi connectivity index (χ4v) is 5.14. The number of nitrogens with two attached hydrogens (primary N) is 1. The van der Waals surface area contributed by atoms with Crippen LogP contribution in [-0.2, 0) is 16.9 Å². The Morgan fingerprint density at radius 2 is 2.07 bits per heavy atom. The van der Waals surface area contributed by atoms with Crippen LogP contribution in [0.15, 0.2) is 24.5 Å². The summed E-state index contributed by atoms with van der Waals surface area (Å²) in [6.07, 6.45) is 6.96. The molecule has 1 aliphatic heterocycles. The number of aryl methyl sites for hydroxylation is 1. The number of H-pyrrole nitrogens is 1. The van der Waals surface area contributed by atoms with Crippen LogP contribution in [0.3, 0.4) is 0 Å². The topological polar surface area (TPSA) is 97.1 Å². The molecule has 1 aliphatic carbocycles. The van der Waals surface area contributed by atoms with Crippen molar-refractivity contribution in [2.45, 2.75) is 38.3 Å². The van der Waals surface area contributed by atoms with Gasteiger partial charge in [-0.25, -0.2) is 4.98 Å². The Kier molecular flexibility index (Phi) is 6.07. The number of methoxy groups -OCH3 is 1. The monoisotopic (exact) mass is 405 g/mol. The number of rotatable bonds is 5. The number of nitrogens with one attached hydrogen (secondary N) is 1. The molecule has 2 aliphatic rings. The van der Waals surface area contributed by atoms with E-state index in [-0.39, 0.29) is 18.0 Å². The van der Waals surface area contributed by atoms with Crippen molar-refractivity contribution in [2.24, 2.45) is 17.6 Å². The maximum absolute atomic E-state index is 11.6. The van der Waals surface area contributed by atoms with Crippen molar-refractivity contribution < 1.29 is 9.53 Å². The standard InChI is InChI=1S/C20H27N5O2.ClH/c1-13-9-23-18(24-13)12-25-10-15-4-3-5-16(11-25)20(15,27-2)14-6-7-22-17(8-14)19(21)26;/h6-9,15-16H,3-5,10-12H2,1-2H3,(H2,21,26)(H,23,24);1H/t15-,16+,20+;. The minimum absolute atomic E-state index is 0. The van der Waals surface area contributed by atoms with Gasteiger partial charge in [-0.15, -0.1) is 12.4 Å². The van der Waals surface area contributed by atoms with Gasteiger partial charge in [0.25, 0.3) is 5.91 Å². The van der Waals surface area contributed by atoms with Crippen molar-refractivity contribution in [3.8, 4) is 0 Å². The zero-order chi connectivity index (χ0) is 19.0. The fraction of sp³-hybridized carbons (Fsp3) is 0.550. The average Bonchev–Trinajstić information content (AvgIpc) is 3.06. The molecule has 3 atom stereocenters. The molecule has 0 radical (unpaired) electrons. The van der Waals surface area contributed by atoms with Crippen LogP contribution in [0.2, 0.25) is 0 Å². The van der Waals surface area contributed by atoms with E-state index in [9.17, 15) is 4.79 Å². The molecular formula is C20H28ClN5O2. The Bertz CT molecular complexity index is 826. The molecule has 28 heavy (non-hydrogen) atoms. The lowest BCUT2D eigenvalue weighted by Gasteiger charge is -2.55. The number of primary amides is 1. The van der Waals surface area contributed by atoms with Crippen molar-refractivity contribution in [2.75, 3.05) is 20.2 Å². The Labute approximate surface area is 171 Å². The zero-order valence-electron chi connectivity index (χ0n) is 16.4. The lowest BCUT2D eigenvalue weighted by molar-refractivity contribution is -0.170. The summed E-state index contributed by atoms with van der Waals surface area (Å²) in [5.74, 6) is 1.22. The molecule has 7 nitrogen and oxygen atoms in total. The van der Waals surface area contributed by atoms with Crippen LogP contribution in [0.25, 0.3) is 0 Å². The quantitative estimate of drug-likeness (QED) is 0.796. The molecule has 2 aromatic rings. The SMILES string of the molecule is CO[C@@]1(c2ccnc(C(N)=O)c2)[C@@H]2CCC[C@H]1CN(Cc1ncc(C)[nH]1)C2.Cl. The summed E-state index contributed by atoms with van der Waals surface area (Å²) < 4.78 is 6.24. The molecule has 1 amide bonds. The van der Waals surface area contributed by atoms with E-state index in [0.717, 1.165) is 49.6 Å². The third-order valence-electron chi connectivity index (χ3n) is 6.21. The van der Waals surface area contributed by atoms with Gasteiger partial charge in [-0.2, -0.15) is 0 Å². The van der Waals surface area contributed by atoms with E-state index >= 15 is 0 Å². The normalized spacial score (nSPS) is 27.2. The van der Waals surface area contributed by atoms with Gasteiger partial charge in [-0.3, -0.25) is 14.7 Å². The van der Waals surface area contributed by atoms with Crippen molar-refractivity contribution in [3.63, 3.8) is 0 Å². The second-order valence-electron chi connectivity index (χ2n) is 7.82. The predicted molar refractivity (Wildman–Crippen MR) is 108 cm³/mol. The van der Waals surface area contributed by atoms with Crippen molar-refractivity contribution in [1.82, 2.24) is 19.9 Å². The summed E-state index contributed by atoms with van der Waals surface area (Å²) in [6, 6.07) is 3.80. The molecular weight excluding hydrogens is 378 g/mol. The summed E-state index contributed by atoms with van der Waals surface area (Å²) in [5.41, 5.74) is 7.49. The van der Waals surface area contributed by atoms with E-state index in [0.29, 0.717) is 17.5 Å². The molecule has 1 saturated carbocycles. The fourth-order valence-electron chi connectivity index (χ4n) is 5.14. The smallest absolute Gasteiger partial charge is 0.267 e. The number of piperidine rings is 1. The first-order chi connectivity index (χ1) is 13.0. The van der Waals surface area contributed by atoms with Gasteiger partial charge in [-0.05, 0) is 37.5 Å². The molecule has 0 spiro atoms. The average molecular weight is 406 g/mol. The van der Waals surface area contributed by atoms with E-state index < -0.39 is 5.91 Å². The van der Waals surface area contributed by atoms with Gasteiger partial charge in [-0.1, -0.05) is 6.42 Å². The van der Waals surface area contributed by atoms with Crippen LogP contribution < -0.4 is 5.73 Å². The number of aromatic amines is 1. The molecule has 4 rings (SSSR count). The number of carbonyl (C=O) groups excluding carboxylic acids is 1. The maximum atomic E-state index is 11.6. The van der Waals surface area contributed by atoms with Crippen LogP contribution in [-0.4, -0.2) is 46.0 Å². The van der Waals surface area contributed by atoms with Crippen LogP contribution in [0.5, 0.6) is 0 Å². The Balaban J connectivity index is 0.00000225. The number of aromatic nitrogens is 3. The Hall–Kier alpha value is -1.96. The van der Waals surface area contributed by atoms with Crippen LogP contribution in [0.1, 0.15) is 46.8 Å². The number of ether oxygens (including phenoxy) is 1. The highest BCUT2D eigenvalue weighted by Gasteiger charge is 2.53. The first-order valence-corrected chi connectivity index (χ1v) is 9.57. The molecule has 3 heterocycles. The van der Waals surface area contributed by atoms with Crippen LogP contribution in [0.4, 0.5) is 0 Å². The summed E-state index contributed by atoms with van der Waals surface area (Å²) in [7, 11) is 1.79. The maximum Gasteiger partial charge on any atom is 0.267 e. The lowest BCUT2D eigenvalue weighted by atomic mass is 9.62. The number of nitrogens with zero attached hydrogens (tertiary/aromatic N) is 3. The number of fused-ring (bicyclic) bond motifs is 2. The molecule has 3 N–H and O–H groups in total. The van der Waals surface area contributed by atoms with Crippen LogP contribution >= 0.6 is 12.4 Å². The minimum Gasteiger partial charge on any atom is -0.373 e. The van der Waals surface area contributed by atoms with Crippen molar-refractivity contribution in [3.05, 3.63) is 47.3 Å². The van der Waals surface area contributed by atoms with E-state index in [2.05, 4.69) is 19.9 Å². The first kappa shape index (κ1) is 20.8. The second-order valence-corrected chi connectivity index (χ2v) is 7.82. The molecule has 2 fully saturated rings. The summed E-state index contributed by atoms with van der Waals surface area (Å²) in [6.45, 7) is 4.73. The van der Waals surface area contributed by atoms with E-state index in [1.807, 2.05) is 25.3 Å². The van der Waals surface area contributed by atoms with Gasteiger partial charge < -0.3 is 15.5 Å². The van der Waals surface area contributed by atoms with E-state index in [4.69, 9.17) is 10.5 Å². The third-order valence-corrected chi connectivity index (χ3v) is 6.21. The largest absolute Gasteiger partial charge is 0.373 e. The number of hydrogen-bond acceptors (Lipinski definition) is 5. The number of pyridine rings is 1. The number of carbonyl (C=O) groups is 1. The highest BCUT2D eigenvalue weighted by molar-refractivity contribution is 5.90. The number of imidazole rings is 1. The van der Waals surface area contributed by atoms with Crippen molar-refractivity contribution >= 4 is 18.3 Å². The molecule has 152 valence electrons. The van der Waals surface area contributed by atoms with Gasteiger partial charge in [0.15, 0.2) is 0 Å². The third kappa shape index (κ3) is 3.54. The molecule has 2 aromatic heterocycles. The highest BCUT2D eigenvalue weighted by Crippen LogP contribution is 2.51. The minimum atomic E-state index is -0.501. The van der Waals surface area contributed by atoms with E-state index in [1.165, 1.54) is 6.42 Å². The lowest BCUT2D eigenvalue weighted by Crippen LogP contribution is -2.58. The van der Waals surface area contributed by atoms with Gasteiger partial charge in [0.2, 0.25) is 0 Å². The molecule has 2 bridgehead atoms. The number of hydrogen-bond donors (Lipinski definition) is 2. The van der Waals surface area contributed by atoms with Gasteiger partial charge in [0.1, 0.15) is 17.1 Å². The molecule has 1 saturated heterocycles. The van der Waals surface area contributed by atoms with E-state index in [1.54, 1.807) is 13.3 Å².